The number of hydrogen-bond donors (Lipinski definition) is 1. The van der Waals surface area contributed by atoms with E-state index in [-0.39, 0.29) is 11.6 Å². The van der Waals surface area contributed by atoms with Crippen molar-refractivity contribution in [3.8, 4) is 6.07 Å². The molecule has 1 aliphatic rings. The average molecular weight is 190 g/mol. The second-order valence-electron chi connectivity index (χ2n) is 3.50. The van der Waals surface area contributed by atoms with Gasteiger partial charge in [-0.05, 0) is 37.1 Å². The molecule has 72 valence electrons. The quantitative estimate of drug-likeness (QED) is 0.736. The van der Waals surface area contributed by atoms with Crippen LogP contribution in [0.1, 0.15) is 30.0 Å². The minimum absolute atomic E-state index is 0.117. The summed E-state index contributed by atoms with van der Waals surface area (Å²) in [4.78, 5) is 0. The summed E-state index contributed by atoms with van der Waals surface area (Å²) in [6.07, 6.45) is 2.18. The molecule has 0 unspecified atom stereocenters. The third-order valence-corrected chi connectivity index (χ3v) is 2.58. The van der Waals surface area contributed by atoms with Crippen molar-refractivity contribution in [1.29, 1.82) is 5.26 Å². The lowest BCUT2D eigenvalue weighted by Crippen LogP contribution is -2.13. The molecule has 0 aliphatic carbocycles. The molecule has 0 aromatic heterocycles. The minimum atomic E-state index is -0.418. The van der Waals surface area contributed by atoms with E-state index >= 15 is 0 Å². The van der Waals surface area contributed by atoms with Gasteiger partial charge >= 0.3 is 0 Å². The third-order valence-electron chi connectivity index (χ3n) is 2.58. The minimum Gasteiger partial charge on any atom is -0.310 e. The lowest BCUT2D eigenvalue weighted by molar-refractivity contribution is 0.604. The second kappa shape index (κ2) is 3.77. The number of nitrogens with one attached hydrogen (secondary N) is 1. The van der Waals surface area contributed by atoms with E-state index < -0.39 is 5.82 Å². The van der Waals surface area contributed by atoms with Gasteiger partial charge in [-0.2, -0.15) is 5.26 Å². The van der Waals surface area contributed by atoms with Crippen molar-refractivity contribution in [3.05, 3.63) is 35.1 Å². The van der Waals surface area contributed by atoms with Gasteiger partial charge in [0.15, 0.2) is 0 Å². The first-order valence-corrected chi connectivity index (χ1v) is 4.74. The fourth-order valence-corrected chi connectivity index (χ4v) is 1.81. The average Bonchev–Trinajstić information content (AvgIpc) is 2.70. The number of nitrogens with zero attached hydrogens (tertiary/aromatic N) is 1. The third kappa shape index (κ3) is 1.61. The fraction of sp³-hybridized carbons (Fsp3) is 0.364. The molecule has 0 amide bonds. The summed E-state index contributed by atoms with van der Waals surface area (Å²) in [6, 6.07) is 6.91. The normalized spacial score (nSPS) is 20.7. The molecule has 1 aromatic carbocycles. The van der Waals surface area contributed by atoms with Crippen molar-refractivity contribution in [3.63, 3.8) is 0 Å². The lowest BCUT2D eigenvalue weighted by atomic mass is 10.0. The van der Waals surface area contributed by atoms with Crippen molar-refractivity contribution < 1.29 is 4.39 Å². The Labute approximate surface area is 82.4 Å². The molecule has 0 bridgehead atoms. The predicted molar refractivity (Wildman–Crippen MR) is 51.1 cm³/mol. The van der Waals surface area contributed by atoms with E-state index in [2.05, 4.69) is 5.32 Å². The van der Waals surface area contributed by atoms with E-state index in [1.54, 1.807) is 6.07 Å². The molecule has 2 nitrogen and oxygen atoms in total. The van der Waals surface area contributed by atoms with Crippen molar-refractivity contribution in [2.24, 2.45) is 0 Å². The highest BCUT2D eigenvalue weighted by Gasteiger charge is 2.17. The van der Waals surface area contributed by atoms with Gasteiger partial charge in [0, 0.05) is 6.04 Å². The van der Waals surface area contributed by atoms with Crippen LogP contribution in [-0.4, -0.2) is 6.54 Å². The van der Waals surface area contributed by atoms with Crippen molar-refractivity contribution >= 4 is 0 Å². The van der Waals surface area contributed by atoms with Crippen LogP contribution in [0.25, 0.3) is 0 Å². The molecule has 0 saturated carbocycles. The standard InChI is InChI=1S/C11H11FN2/c12-10-6-8(3-4-9(10)7-13)11-2-1-5-14-11/h3-4,6,11,14H,1-2,5H2/t11-/m1/s1. The van der Waals surface area contributed by atoms with E-state index in [0.29, 0.717) is 0 Å². The van der Waals surface area contributed by atoms with Crippen LogP contribution in [0.15, 0.2) is 18.2 Å². The van der Waals surface area contributed by atoms with Gasteiger partial charge in [-0.3, -0.25) is 0 Å². The van der Waals surface area contributed by atoms with E-state index in [9.17, 15) is 4.39 Å². The van der Waals surface area contributed by atoms with Crippen molar-refractivity contribution in [2.45, 2.75) is 18.9 Å². The van der Waals surface area contributed by atoms with Crippen LogP contribution >= 0.6 is 0 Å². The monoisotopic (exact) mass is 190 g/mol. The maximum absolute atomic E-state index is 13.3. The molecule has 0 spiro atoms. The van der Waals surface area contributed by atoms with E-state index in [1.807, 2.05) is 12.1 Å². The molecule has 2 rings (SSSR count). The molecule has 3 heteroatoms. The van der Waals surface area contributed by atoms with Gasteiger partial charge < -0.3 is 5.32 Å². The molecule has 0 radical (unpaired) electrons. The molecule has 1 atom stereocenters. The zero-order valence-electron chi connectivity index (χ0n) is 7.76. The number of hydrogen-bond acceptors (Lipinski definition) is 2. The summed E-state index contributed by atoms with van der Waals surface area (Å²) < 4.78 is 13.3. The maximum Gasteiger partial charge on any atom is 0.141 e. The zero-order chi connectivity index (χ0) is 9.97. The number of halogens is 1. The van der Waals surface area contributed by atoms with Gasteiger partial charge in [-0.25, -0.2) is 4.39 Å². The Morgan fingerprint density at radius 3 is 2.93 bits per heavy atom. The number of rotatable bonds is 1. The van der Waals surface area contributed by atoms with E-state index in [1.165, 1.54) is 6.07 Å². The highest BCUT2D eigenvalue weighted by Crippen LogP contribution is 2.24. The molecule has 1 aliphatic heterocycles. The van der Waals surface area contributed by atoms with Gasteiger partial charge in [0.1, 0.15) is 11.9 Å². The Kier molecular flexibility index (Phi) is 2.47. The number of benzene rings is 1. The van der Waals surface area contributed by atoms with Crippen LogP contribution in [0, 0.1) is 17.1 Å². The van der Waals surface area contributed by atoms with E-state index in [4.69, 9.17) is 5.26 Å². The fourth-order valence-electron chi connectivity index (χ4n) is 1.81. The predicted octanol–water partition coefficient (Wildman–Crippen LogP) is 2.12. The summed E-state index contributed by atoms with van der Waals surface area (Å²) in [6.45, 7) is 0.992. The molecular weight excluding hydrogens is 179 g/mol. The molecule has 1 heterocycles. The van der Waals surface area contributed by atoms with Crippen LogP contribution in [0.3, 0.4) is 0 Å². The highest BCUT2D eigenvalue weighted by atomic mass is 19.1. The Hall–Kier alpha value is -1.40. The summed E-state index contributed by atoms with van der Waals surface area (Å²) >= 11 is 0. The van der Waals surface area contributed by atoms with Gasteiger partial charge in [-0.1, -0.05) is 6.07 Å². The van der Waals surface area contributed by atoms with Crippen LogP contribution < -0.4 is 5.32 Å². The summed E-state index contributed by atoms with van der Waals surface area (Å²) in [5.41, 5.74) is 1.06. The second-order valence-corrected chi connectivity index (χ2v) is 3.50. The van der Waals surface area contributed by atoms with Gasteiger partial charge in [0.2, 0.25) is 0 Å². The Morgan fingerprint density at radius 2 is 2.36 bits per heavy atom. The molecular formula is C11H11FN2. The molecule has 14 heavy (non-hydrogen) atoms. The molecule has 1 fully saturated rings. The van der Waals surface area contributed by atoms with Gasteiger partial charge in [0.25, 0.3) is 0 Å². The maximum atomic E-state index is 13.3. The first-order chi connectivity index (χ1) is 6.81. The lowest BCUT2D eigenvalue weighted by Gasteiger charge is -2.10. The highest BCUT2D eigenvalue weighted by molar-refractivity contribution is 5.34. The Balaban J connectivity index is 2.28. The van der Waals surface area contributed by atoms with Gasteiger partial charge in [0.05, 0.1) is 5.56 Å². The Morgan fingerprint density at radius 1 is 1.50 bits per heavy atom. The smallest absolute Gasteiger partial charge is 0.141 e. The largest absolute Gasteiger partial charge is 0.310 e. The van der Waals surface area contributed by atoms with Gasteiger partial charge in [-0.15, -0.1) is 0 Å². The van der Waals surface area contributed by atoms with Crippen LogP contribution in [0.5, 0.6) is 0 Å². The first-order valence-electron chi connectivity index (χ1n) is 4.74. The van der Waals surface area contributed by atoms with Crippen molar-refractivity contribution in [1.82, 2.24) is 5.32 Å². The Bertz CT molecular complexity index is 375. The summed E-state index contributed by atoms with van der Waals surface area (Å²) in [5, 5.41) is 11.9. The molecule has 1 aromatic rings. The SMILES string of the molecule is N#Cc1ccc([C@H]2CCCN2)cc1F. The van der Waals surface area contributed by atoms with E-state index in [0.717, 1.165) is 24.9 Å². The topological polar surface area (TPSA) is 35.8 Å². The first kappa shape index (κ1) is 9.17. The molecule has 1 saturated heterocycles. The van der Waals surface area contributed by atoms with Crippen LogP contribution in [0.2, 0.25) is 0 Å². The van der Waals surface area contributed by atoms with Crippen LogP contribution in [0.4, 0.5) is 4.39 Å². The molecule has 1 N–H and O–H groups in total. The van der Waals surface area contributed by atoms with Crippen molar-refractivity contribution in [2.75, 3.05) is 6.54 Å². The van der Waals surface area contributed by atoms with Crippen LogP contribution in [-0.2, 0) is 0 Å². The summed E-state index contributed by atoms with van der Waals surface area (Å²) in [7, 11) is 0. The summed E-state index contributed by atoms with van der Waals surface area (Å²) in [5.74, 6) is -0.418. The number of nitriles is 1. The zero-order valence-corrected chi connectivity index (χ0v) is 7.76.